The van der Waals surface area contributed by atoms with Crippen molar-refractivity contribution < 1.29 is 24.2 Å². The number of aromatic nitrogens is 3. The number of carboxylic acids is 1. The standard InChI is InChI=1S/C8H11N3O5/c1-5(2)16-8(14)15-4-11-9-3-6(10-11)7(12)13/h3,5H,4H2,1-2H3,(H,12,13). The highest BCUT2D eigenvalue weighted by Crippen LogP contribution is 1.95. The van der Waals surface area contributed by atoms with Crippen molar-refractivity contribution in [3.05, 3.63) is 11.9 Å². The van der Waals surface area contributed by atoms with Crippen LogP contribution in [0.4, 0.5) is 4.79 Å². The molecule has 0 atom stereocenters. The number of hydrogen-bond acceptors (Lipinski definition) is 6. The summed E-state index contributed by atoms with van der Waals surface area (Å²) in [6.07, 6.45) is -0.0868. The van der Waals surface area contributed by atoms with Crippen LogP contribution >= 0.6 is 0 Å². The van der Waals surface area contributed by atoms with Gasteiger partial charge in [0.15, 0.2) is 5.69 Å². The molecule has 1 heterocycles. The average Bonchev–Trinajstić information content (AvgIpc) is 2.61. The number of hydrogen-bond donors (Lipinski definition) is 1. The van der Waals surface area contributed by atoms with Crippen molar-refractivity contribution in [3.63, 3.8) is 0 Å². The minimum absolute atomic E-state index is 0.221. The van der Waals surface area contributed by atoms with Gasteiger partial charge in [0.2, 0.25) is 6.73 Å². The van der Waals surface area contributed by atoms with Gasteiger partial charge >= 0.3 is 12.1 Å². The van der Waals surface area contributed by atoms with Gasteiger partial charge in [0.05, 0.1) is 12.3 Å². The van der Waals surface area contributed by atoms with Crippen molar-refractivity contribution in [1.82, 2.24) is 15.0 Å². The molecule has 0 saturated carbocycles. The smallest absolute Gasteiger partial charge is 0.476 e. The molecule has 8 nitrogen and oxygen atoms in total. The van der Waals surface area contributed by atoms with Gasteiger partial charge in [-0.05, 0) is 13.8 Å². The molecule has 1 aromatic rings. The summed E-state index contributed by atoms with van der Waals surface area (Å²) in [6.45, 7) is 3.06. The van der Waals surface area contributed by atoms with E-state index in [1.54, 1.807) is 13.8 Å². The van der Waals surface area contributed by atoms with Crippen molar-refractivity contribution in [3.8, 4) is 0 Å². The Kier molecular flexibility index (Phi) is 3.81. The Morgan fingerprint density at radius 2 is 2.25 bits per heavy atom. The number of rotatable bonds is 4. The molecule has 8 heteroatoms. The minimum atomic E-state index is -1.20. The van der Waals surface area contributed by atoms with E-state index >= 15 is 0 Å². The summed E-state index contributed by atoms with van der Waals surface area (Å²) in [5.41, 5.74) is -0.221. The van der Waals surface area contributed by atoms with Crippen LogP contribution in [0.15, 0.2) is 6.20 Å². The number of carboxylic acid groups (broad SMARTS) is 1. The predicted octanol–water partition coefficient (Wildman–Crippen LogP) is 0.495. The normalized spacial score (nSPS) is 10.2. The summed E-state index contributed by atoms with van der Waals surface area (Å²) in [7, 11) is 0. The van der Waals surface area contributed by atoms with Crippen LogP contribution in [0.2, 0.25) is 0 Å². The maximum atomic E-state index is 10.9. The third kappa shape index (κ3) is 3.56. The molecule has 1 rings (SSSR count). The quantitative estimate of drug-likeness (QED) is 0.749. The summed E-state index contributed by atoms with van der Waals surface area (Å²) in [5.74, 6) is -1.20. The molecular formula is C8H11N3O5. The molecule has 1 aromatic heterocycles. The molecule has 0 spiro atoms. The van der Waals surface area contributed by atoms with E-state index in [1.807, 2.05) is 0 Å². The number of aromatic carboxylic acids is 1. The van der Waals surface area contributed by atoms with Crippen LogP contribution in [0.3, 0.4) is 0 Å². The number of nitrogens with zero attached hydrogens (tertiary/aromatic N) is 3. The number of carbonyl (C=O) groups is 2. The first kappa shape index (κ1) is 12.0. The van der Waals surface area contributed by atoms with E-state index in [1.165, 1.54) is 0 Å². The number of ether oxygens (including phenoxy) is 2. The fourth-order valence-corrected chi connectivity index (χ4v) is 0.794. The first-order chi connectivity index (χ1) is 7.49. The van der Waals surface area contributed by atoms with Gasteiger partial charge in [-0.25, -0.2) is 9.59 Å². The molecule has 0 bridgehead atoms. The lowest BCUT2D eigenvalue weighted by Crippen LogP contribution is -2.16. The summed E-state index contributed by atoms with van der Waals surface area (Å²) in [6, 6.07) is 0. The lowest BCUT2D eigenvalue weighted by Gasteiger charge is -2.07. The molecular weight excluding hydrogens is 218 g/mol. The second-order valence-corrected chi connectivity index (χ2v) is 3.10. The maximum absolute atomic E-state index is 10.9. The molecule has 0 aliphatic rings. The Labute approximate surface area is 90.8 Å². The molecule has 0 radical (unpaired) electrons. The van der Waals surface area contributed by atoms with Crippen LogP contribution in [0, 0.1) is 0 Å². The highest BCUT2D eigenvalue weighted by Gasteiger charge is 2.10. The van der Waals surface area contributed by atoms with Crippen LogP contribution in [-0.2, 0) is 16.2 Å². The van der Waals surface area contributed by atoms with E-state index in [9.17, 15) is 9.59 Å². The topological polar surface area (TPSA) is 104 Å². The molecule has 0 aliphatic heterocycles. The molecule has 0 aromatic carbocycles. The van der Waals surface area contributed by atoms with Gasteiger partial charge in [-0.3, -0.25) is 0 Å². The molecule has 0 unspecified atom stereocenters. The highest BCUT2D eigenvalue weighted by molar-refractivity contribution is 5.84. The fraction of sp³-hybridized carbons (Fsp3) is 0.500. The number of carbonyl (C=O) groups excluding carboxylic acids is 1. The average molecular weight is 229 g/mol. The maximum Gasteiger partial charge on any atom is 0.510 e. The Morgan fingerprint density at radius 1 is 1.56 bits per heavy atom. The lowest BCUT2D eigenvalue weighted by atomic mass is 10.5. The van der Waals surface area contributed by atoms with Crippen molar-refractivity contribution in [2.24, 2.45) is 0 Å². The zero-order chi connectivity index (χ0) is 12.1. The SMILES string of the molecule is CC(C)OC(=O)OCn1ncc(C(=O)O)n1. The van der Waals surface area contributed by atoms with Gasteiger partial charge in [0.1, 0.15) is 0 Å². The Balaban J connectivity index is 2.42. The third-order valence-corrected chi connectivity index (χ3v) is 1.39. The zero-order valence-corrected chi connectivity index (χ0v) is 8.78. The van der Waals surface area contributed by atoms with Gasteiger partial charge in [-0.1, -0.05) is 0 Å². The van der Waals surface area contributed by atoms with Gasteiger partial charge in [-0.2, -0.15) is 5.10 Å². The molecule has 0 saturated heterocycles. The highest BCUT2D eigenvalue weighted by atomic mass is 16.7. The van der Waals surface area contributed by atoms with Crippen LogP contribution in [-0.4, -0.2) is 38.3 Å². The largest absolute Gasteiger partial charge is 0.510 e. The Bertz CT molecular complexity index is 387. The summed E-state index contributed by atoms with van der Waals surface area (Å²) in [4.78, 5) is 22.3. The fourth-order valence-electron chi connectivity index (χ4n) is 0.794. The van der Waals surface area contributed by atoms with E-state index < -0.39 is 12.1 Å². The lowest BCUT2D eigenvalue weighted by molar-refractivity contribution is 0.00975. The molecule has 16 heavy (non-hydrogen) atoms. The van der Waals surface area contributed by atoms with E-state index in [4.69, 9.17) is 5.11 Å². The van der Waals surface area contributed by atoms with Crippen molar-refractivity contribution in [2.75, 3.05) is 0 Å². The summed E-state index contributed by atoms with van der Waals surface area (Å²) in [5, 5.41) is 15.7. The van der Waals surface area contributed by atoms with Crippen LogP contribution in [0.5, 0.6) is 0 Å². The van der Waals surface area contributed by atoms with Gasteiger partial charge < -0.3 is 14.6 Å². The summed E-state index contributed by atoms with van der Waals surface area (Å²) >= 11 is 0. The third-order valence-electron chi connectivity index (χ3n) is 1.39. The van der Waals surface area contributed by atoms with Crippen molar-refractivity contribution >= 4 is 12.1 Å². The molecule has 0 aliphatic carbocycles. The molecule has 88 valence electrons. The van der Waals surface area contributed by atoms with E-state index in [2.05, 4.69) is 19.7 Å². The van der Waals surface area contributed by atoms with Crippen molar-refractivity contribution in [1.29, 1.82) is 0 Å². The zero-order valence-electron chi connectivity index (χ0n) is 8.78. The Morgan fingerprint density at radius 3 is 2.75 bits per heavy atom. The van der Waals surface area contributed by atoms with Gasteiger partial charge in [-0.15, -0.1) is 9.90 Å². The van der Waals surface area contributed by atoms with Crippen LogP contribution in [0.25, 0.3) is 0 Å². The van der Waals surface area contributed by atoms with E-state index in [-0.39, 0.29) is 18.5 Å². The van der Waals surface area contributed by atoms with Gasteiger partial charge in [0, 0.05) is 0 Å². The second-order valence-electron chi connectivity index (χ2n) is 3.10. The van der Waals surface area contributed by atoms with Crippen molar-refractivity contribution in [2.45, 2.75) is 26.7 Å². The minimum Gasteiger partial charge on any atom is -0.476 e. The van der Waals surface area contributed by atoms with E-state index in [0.717, 1.165) is 11.0 Å². The molecule has 0 amide bonds. The van der Waals surface area contributed by atoms with Crippen LogP contribution in [0.1, 0.15) is 24.3 Å². The monoisotopic (exact) mass is 229 g/mol. The van der Waals surface area contributed by atoms with Crippen LogP contribution < -0.4 is 0 Å². The first-order valence-corrected chi connectivity index (χ1v) is 4.46. The molecule has 1 N–H and O–H groups in total. The summed E-state index contributed by atoms with van der Waals surface area (Å²) < 4.78 is 9.30. The second kappa shape index (κ2) is 5.10. The Hall–Kier alpha value is -2.12. The predicted molar refractivity (Wildman–Crippen MR) is 49.7 cm³/mol. The molecule has 0 fully saturated rings. The first-order valence-electron chi connectivity index (χ1n) is 4.46. The van der Waals surface area contributed by atoms with E-state index in [0.29, 0.717) is 0 Å². The van der Waals surface area contributed by atoms with Gasteiger partial charge in [0.25, 0.3) is 0 Å².